The lowest BCUT2D eigenvalue weighted by Crippen LogP contribution is -2.49. The first-order valence-corrected chi connectivity index (χ1v) is 5.79. The van der Waals surface area contributed by atoms with Crippen LogP contribution in [0.3, 0.4) is 0 Å². The molecule has 1 heterocycles. The fourth-order valence-electron chi connectivity index (χ4n) is 3.20. The first-order valence-electron chi connectivity index (χ1n) is 5.79. The van der Waals surface area contributed by atoms with Gasteiger partial charge in [0.25, 0.3) is 0 Å². The van der Waals surface area contributed by atoms with E-state index in [4.69, 9.17) is 0 Å². The minimum Gasteiger partial charge on any atom is -0.328 e. The molecule has 3 fully saturated rings. The number of nitrogens with zero attached hydrogens (tertiary/aromatic N) is 1. The van der Waals surface area contributed by atoms with Crippen LogP contribution in [0.15, 0.2) is 0 Å². The molecule has 1 amide bonds. The van der Waals surface area contributed by atoms with Gasteiger partial charge in [-0.15, -0.1) is 0 Å². The summed E-state index contributed by atoms with van der Waals surface area (Å²) in [6.07, 6.45) is 6.53. The Morgan fingerprint density at radius 2 is 2.14 bits per heavy atom. The monoisotopic (exact) mass is 194 g/mol. The van der Waals surface area contributed by atoms with Crippen molar-refractivity contribution in [1.29, 1.82) is 0 Å². The third-order valence-corrected chi connectivity index (χ3v) is 4.30. The molecule has 0 aromatic heterocycles. The van der Waals surface area contributed by atoms with Gasteiger partial charge in [0.15, 0.2) is 0 Å². The summed E-state index contributed by atoms with van der Waals surface area (Å²) < 4.78 is 0. The second-order valence-corrected chi connectivity index (χ2v) is 5.22. The maximum absolute atomic E-state index is 11.9. The molecule has 0 aromatic carbocycles. The molecule has 1 saturated heterocycles. The van der Waals surface area contributed by atoms with E-state index in [1.807, 2.05) is 4.90 Å². The van der Waals surface area contributed by atoms with E-state index in [0.717, 1.165) is 19.8 Å². The zero-order valence-corrected chi connectivity index (χ0v) is 8.59. The maximum atomic E-state index is 11.9. The molecule has 0 aromatic rings. The lowest BCUT2D eigenvalue weighted by atomic mass is 9.51. The molecular weight excluding hydrogens is 176 g/mol. The van der Waals surface area contributed by atoms with Crippen molar-refractivity contribution in [1.82, 2.24) is 10.2 Å². The highest BCUT2D eigenvalue weighted by Gasteiger charge is 2.51. The summed E-state index contributed by atoms with van der Waals surface area (Å²) in [4.78, 5) is 13.9. The summed E-state index contributed by atoms with van der Waals surface area (Å²) in [5.41, 5.74) is 0.632. The van der Waals surface area contributed by atoms with Gasteiger partial charge >= 0.3 is 0 Å². The summed E-state index contributed by atoms with van der Waals surface area (Å²) in [6, 6.07) is 0. The highest BCUT2D eigenvalue weighted by molar-refractivity contribution is 5.80. The number of hydrogen-bond acceptors (Lipinski definition) is 2. The van der Waals surface area contributed by atoms with Crippen LogP contribution in [0, 0.1) is 11.3 Å². The van der Waals surface area contributed by atoms with Crippen molar-refractivity contribution in [2.75, 3.05) is 19.8 Å². The Kier molecular flexibility index (Phi) is 1.84. The topological polar surface area (TPSA) is 32.3 Å². The molecule has 1 aliphatic heterocycles. The van der Waals surface area contributed by atoms with Crippen LogP contribution in [0.5, 0.6) is 0 Å². The number of carbonyl (C=O) groups is 1. The molecule has 78 valence electrons. The highest BCUT2D eigenvalue weighted by Crippen LogP contribution is 2.58. The summed E-state index contributed by atoms with van der Waals surface area (Å²) in [6.45, 7) is 2.67. The molecule has 3 heteroatoms. The van der Waals surface area contributed by atoms with Crippen LogP contribution in [-0.4, -0.2) is 30.6 Å². The van der Waals surface area contributed by atoms with Gasteiger partial charge in [0.2, 0.25) is 5.91 Å². The van der Waals surface area contributed by atoms with Gasteiger partial charge in [-0.3, -0.25) is 10.1 Å². The minimum absolute atomic E-state index is 0.371. The largest absolute Gasteiger partial charge is 0.328 e. The summed E-state index contributed by atoms with van der Waals surface area (Å²) in [5.74, 6) is 0.780. The zero-order valence-electron chi connectivity index (χ0n) is 8.59. The first-order chi connectivity index (χ1) is 6.79. The van der Waals surface area contributed by atoms with Crippen LogP contribution in [-0.2, 0) is 4.79 Å². The number of nitrogens with one attached hydrogen (secondary N) is 1. The molecule has 3 rings (SSSR count). The second-order valence-electron chi connectivity index (χ2n) is 5.22. The number of rotatable bonds is 1. The molecule has 1 N–H and O–H groups in total. The van der Waals surface area contributed by atoms with Crippen LogP contribution < -0.4 is 5.32 Å². The van der Waals surface area contributed by atoms with Crippen LogP contribution >= 0.6 is 0 Å². The highest BCUT2D eigenvalue weighted by atomic mass is 16.2. The molecule has 1 spiro atoms. The SMILES string of the molecule is O=C(C1CC2(CCC2)C1)N1CCNC1. The lowest BCUT2D eigenvalue weighted by Gasteiger charge is -2.54. The third-order valence-electron chi connectivity index (χ3n) is 4.30. The fraction of sp³-hybridized carbons (Fsp3) is 0.909. The molecule has 3 nitrogen and oxygen atoms in total. The van der Waals surface area contributed by atoms with Crippen molar-refractivity contribution in [3.05, 3.63) is 0 Å². The molecule has 0 radical (unpaired) electrons. The van der Waals surface area contributed by atoms with Crippen molar-refractivity contribution in [3.63, 3.8) is 0 Å². The summed E-state index contributed by atoms with van der Waals surface area (Å²) in [7, 11) is 0. The van der Waals surface area contributed by atoms with E-state index < -0.39 is 0 Å². The van der Waals surface area contributed by atoms with Crippen LogP contribution in [0.4, 0.5) is 0 Å². The predicted molar refractivity (Wildman–Crippen MR) is 53.6 cm³/mol. The van der Waals surface area contributed by atoms with Gasteiger partial charge in [-0.25, -0.2) is 0 Å². The third kappa shape index (κ3) is 1.18. The second kappa shape index (κ2) is 2.96. The first kappa shape index (κ1) is 8.72. The van der Waals surface area contributed by atoms with Crippen molar-refractivity contribution < 1.29 is 4.79 Å². The van der Waals surface area contributed by atoms with E-state index in [0.29, 0.717) is 17.2 Å². The summed E-state index contributed by atoms with van der Waals surface area (Å²) >= 11 is 0. The Labute approximate surface area is 84.8 Å². The number of amides is 1. The Bertz CT molecular complexity index is 246. The maximum Gasteiger partial charge on any atom is 0.226 e. The number of carbonyl (C=O) groups excluding carboxylic acids is 1. The molecule has 14 heavy (non-hydrogen) atoms. The van der Waals surface area contributed by atoms with E-state index in [9.17, 15) is 4.79 Å². The van der Waals surface area contributed by atoms with Crippen molar-refractivity contribution in [2.24, 2.45) is 11.3 Å². The molecule has 0 atom stereocenters. The Balaban J connectivity index is 1.54. The smallest absolute Gasteiger partial charge is 0.226 e. The van der Waals surface area contributed by atoms with Crippen LogP contribution in [0.1, 0.15) is 32.1 Å². The lowest BCUT2D eigenvalue weighted by molar-refractivity contribution is -0.146. The van der Waals surface area contributed by atoms with Crippen molar-refractivity contribution in [3.8, 4) is 0 Å². The Hall–Kier alpha value is -0.570. The standard InChI is InChI=1S/C11H18N2O/c14-10(13-5-4-12-8-13)9-6-11(7-9)2-1-3-11/h9,12H,1-8H2. The van der Waals surface area contributed by atoms with Gasteiger partial charge in [0, 0.05) is 19.0 Å². The molecule has 3 aliphatic rings. The van der Waals surface area contributed by atoms with Gasteiger partial charge in [-0.2, -0.15) is 0 Å². The van der Waals surface area contributed by atoms with E-state index >= 15 is 0 Å². The van der Waals surface area contributed by atoms with Crippen molar-refractivity contribution >= 4 is 5.91 Å². The minimum atomic E-state index is 0.371. The summed E-state index contributed by atoms with van der Waals surface area (Å²) in [5, 5.41) is 3.21. The van der Waals surface area contributed by atoms with Crippen molar-refractivity contribution in [2.45, 2.75) is 32.1 Å². The van der Waals surface area contributed by atoms with E-state index in [2.05, 4.69) is 5.32 Å². The van der Waals surface area contributed by atoms with E-state index in [-0.39, 0.29) is 0 Å². The number of hydrogen-bond donors (Lipinski definition) is 1. The Morgan fingerprint density at radius 1 is 1.36 bits per heavy atom. The molecule has 0 unspecified atom stereocenters. The van der Waals surface area contributed by atoms with E-state index in [1.54, 1.807) is 0 Å². The molecule has 0 bridgehead atoms. The average Bonchev–Trinajstić information content (AvgIpc) is 2.49. The van der Waals surface area contributed by atoms with Crippen LogP contribution in [0.2, 0.25) is 0 Å². The zero-order chi connectivity index (χ0) is 9.60. The average molecular weight is 194 g/mol. The molecule has 2 aliphatic carbocycles. The normalized spacial score (nSPS) is 30.1. The van der Waals surface area contributed by atoms with Crippen LogP contribution in [0.25, 0.3) is 0 Å². The van der Waals surface area contributed by atoms with Gasteiger partial charge in [0.1, 0.15) is 0 Å². The van der Waals surface area contributed by atoms with E-state index in [1.165, 1.54) is 32.1 Å². The quantitative estimate of drug-likeness (QED) is 0.674. The van der Waals surface area contributed by atoms with Gasteiger partial charge in [-0.1, -0.05) is 6.42 Å². The van der Waals surface area contributed by atoms with Gasteiger partial charge in [-0.05, 0) is 31.1 Å². The Morgan fingerprint density at radius 3 is 2.64 bits per heavy atom. The van der Waals surface area contributed by atoms with Gasteiger partial charge < -0.3 is 4.90 Å². The molecule has 2 saturated carbocycles. The fourth-order valence-corrected chi connectivity index (χ4v) is 3.20. The molecular formula is C11H18N2O. The predicted octanol–water partition coefficient (Wildman–Crippen LogP) is 0.956. The van der Waals surface area contributed by atoms with Gasteiger partial charge in [0.05, 0.1) is 6.67 Å².